The molecule has 0 aliphatic carbocycles. The van der Waals surface area contributed by atoms with Gasteiger partial charge in [-0.15, -0.1) is 11.3 Å². The molecule has 1 atom stereocenters. The van der Waals surface area contributed by atoms with Crippen molar-refractivity contribution in [3.05, 3.63) is 70.8 Å². The van der Waals surface area contributed by atoms with Gasteiger partial charge in [0.2, 0.25) is 0 Å². The third-order valence-electron chi connectivity index (χ3n) is 5.30. The van der Waals surface area contributed by atoms with Gasteiger partial charge in [-0.25, -0.2) is 0 Å². The molecule has 1 amide bonds. The average Bonchev–Trinajstić information content (AvgIpc) is 3.35. The standard InChI is InChI=1S/C22H25N3O2S/c1-15-8-11-25(12-9-15)20(18-6-3-4-10-23-18)17-14-16(2)28-22(17)24-21(26)19-7-5-13-27-19/h3-7,10,13-15,20H,8-9,11-12H2,1-2H3,(H,24,26)/t20-/m0/s1. The van der Waals surface area contributed by atoms with Gasteiger partial charge in [0.15, 0.2) is 5.76 Å². The molecule has 0 aromatic carbocycles. The number of nitrogens with zero attached hydrogens (tertiary/aromatic N) is 2. The molecular formula is C22H25N3O2S. The van der Waals surface area contributed by atoms with Gasteiger partial charge < -0.3 is 9.73 Å². The third kappa shape index (κ3) is 4.03. The number of hydrogen-bond donors (Lipinski definition) is 1. The summed E-state index contributed by atoms with van der Waals surface area (Å²) in [7, 11) is 0. The smallest absolute Gasteiger partial charge is 0.291 e. The quantitative estimate of drug-likeness (QED) is 0.651. The summed E-state index contributed by atoms with van der Waals surface area (Å²) in [6, 6.07) is 11.7. The average molecular weight is 396 g/mol. The Morgan fingerprint density at radius 1 is 1.29 bits per heavy atom. The van der Waals surface area contributed by atoms with Gasteiger partial charge in [-0.3, -0.25) is 14.7 Å². The second-order valence-electron chi connectivity index (χ2n) is 7.45. The maximum Gasteiger partial charge on any atom is 0.291 e. The number of carbonyl (C=O) groups excluding carboxylic acids is 1. The molecule has 1 N–H and O–H groups in total. The number of pyridine rings is 1. The number of furan rings is 1. The third-order valence-corrected chi connectivity index (χ3v) is 6.28. The van der Waals surface area contributed by atoms with Crippen LogP contribution in [0.5, 0.6) is 0 Å². The van der Waals surface area contributed by atoms with Crippen molar-refractivity contribution in [1.82, 2.24) is 9.88 Å². The number of piperidine rings is 1. The van der Waals surface area contributed by atoms with E-state index in [1.54, 1.807) is 23.5 Å². The Morgan fingerprint density at radius 2 is 2.11 bits per heavy atom. The van der Waals surface area contributed by atoms with Crippen molar-refractivity contribution in [1.29, 1.82) is 0 Å². The lowest BCUT2D eigenvalue weighted by Crippen LogP contribution is -2.37. The van der Waals surface area contributed by atoms with Crippen molar-refractivity contribution in [2.24, 2.45) is 5.92 Å². The van der Waals surface area contributed by atoms with Crippen LogP contribution in [0.25, 0.3) is 0 Å². The first kappa shape index (κ1) is 18.9. The number of rotatable bonds is 5. The zero-order valence-electron chi connectivity index (χ0n) is 16.2. The highest BCUT2D eigenvalue weighted by Gasteiger charge is 2.30. The Hall–Kier alpha value is -2.44. The van der Waals surface area contributed by atoms with Crippen LogP contribution in [0, 0.1) is 12.8 Å². The molecule has 5 nitrogen and oxygen atoms in total. The monoisotopic (exact) mass is 395 g/mol. The highest BCUT2D eigenvalue weighted by Crippen LogP contribution is 2.39. The molecule has 1 aliphatic rings. The minimum Gasteiger partial charge on any atom is -0.459 e. The molecule has 4 rings (SSSR count). The summed E-state index contributed by atoms with van der Waals surface area (Å²) in [5.74, 6) is 0.848. The molecule has 1 saturated heterocycles. The summed E-state index contributed by atoms with van der Waals surface area (Å²) >= 11 is 1.60. The van der Waals surface area contributed by atoms with Crippen molar-refractivity contribution < 1.29 is 9.21 Å². The number of aromatic nitrogens is 1. The van der Waals surface area contributed by atoms with Gasteiger partial charge in [0.05, 0.1) is 18.0 Å². The van der Waals surface area contributed by atoms with Crippen LogP contribution in [0.15, 0.2) is 53.3 Å². The summed E-state index contributed by atoms with van der Waals surface area (Å²) in [6.07, 6.45) is 5.72. The van der Waals surface area contributed by atoms with E-state index in [-0.39, 0.29) is 11.9 Å². The second-order valence-corrected chi connectivity index (χ2v) is 8.70. The van der Waals surface area contributed by atoms with Crippen molar-refractivity contribution in [3.8, 4) is 0 Å². The predicted molar refractivity (Wildman–Crippen MR) is 112 cm³/mol. The van der Waals surface area contributed by atoms with Crippen molar-refractivity contribution in [3.63, 3.8) is 0 Å². The van der Waals surface area contributed by atoms with E-state index >= 15 is 0 Å². The Labute approximate surface area is 169 Å². The summed E-state index contributed by atoms with van der Waals surface area (Å²) < 4.78 is 5.26. The van der Waals surface area contributed by atoms with Crippen LogP contribution in [-0.4, -0.2) is 28.9 Å². The lowest BCUT2D eigenvalue weighted by molar-refractivity contribution is 0.0996. The molecule has 0 saturated carbocycles. The van der Waals surface area contributed by atoms with Crippen LogP contribution < -0.4 is 5.32 Å². The maximum absolute atomic E-state index is 12.6. The molecule has 28 heavy (non-hydrogen) atoms. The minimum absolute atomic E-state index is 0.0329. The van der Waals surface area contributed by atoms with Crippen LogP contribution in [0.4, 0.5) is 5.00 Å². The van der Waals surface area contributed by atoms with Gasteiger partial charge in [-0.2, -0.15) is 0 Å². The van der Waals surface area contributed by atoms with Gasteiger partial charge >= 0.3 is 0 Å². The SMILES string of the molecule is Cc1cc([C@@H](c2ccccn2)N2CCC(C)CC2)c(NC(=O)c2ccco2)s1. The minimum atomic E-state index is -0.222. The largest absolute Gasteiger partial charge is 0.459 e. The highest BCUT2D eigenvalue weighted by atomic mass is 32.1. The Morgan fingerprint density at radius 3 is 2.79 bits per heavy atom. The van der Waals surface area contributed by atoms with Gasteiger partial charge in [-0.1, -0.05) is 13.0 Å². The molecule has 0 spiro atoms. The number of nitrogens with one attached hydrogen (secondary N) is 1. The fourth-order valence-electron chi connectivity index (χ4n) is 3.77. The van der Waals surface area contributed by atoms with E-state index in [0.29, 0.717) is 5.76 Å². The number of thiophene rings is 1. The Kier molecular flexibility index (Phi) is 5.59. The molecule has 1 aliphatic heterocycles. The van der Waals surface area contributed by atoms with Gasteiger partial charge in [0, 0.05) is 16.6 Å². The lowest BCUT2D eigenvalue weighted by Gasteiger charge is -2.36. The normalized spacial score (nSPS) is 16.8. The van der Waals surface area contributed by atoms with Crippen molar-refractivity contribution in [2.75, 3.05) is 18.4 Å². The zero-order chi connectivity index (χ0) is 19.5. The fourth-order valence-corrected chi connectivity index (χ4v) is 4.71. The summed E-state index contributed by atoms with van der Waals surface area (Å²) in [4.78, 5) is 20.9. The molecule has 6 heteroatoms. The van der Waals surface area contributed by atoms with E-state index in [4.69, 9.17) is 4.42 Å². The Balaban J connectivity index is 1.69. The van der Waals surface area contributed by atoms with Crippen LogP contribution in [0.3, 0.4) is 0 Å². The van der Waals surface area contributed by atoms with E-state index in [0.717, 1.165) is 40.1 Å². The first-order chi connectivity index (χ1) is 13.6. The number of likely N-dealkylation sites (tertiary alicyclic amines) is 1. The Bertz CT molecular complexity index is 913. The summed E-state index contributed by atoms with van der Waals surface area (Å²) in [5, 5.41) is 3.93. The molecule has 0 bridgehead atoms. The molecule has 3 aromatic heterocycles. The molecule has 0 unspecified atom stereocenters. The molecule has 4 heterocycles. The fraction of sp³-hybridized carbons (Fsp3) is 0.364. The predicted octanol–water partition coefficient (Wildman–Crippen LogP) is 5.12. The molecular weight excluding hydrogens is 370 g/mol. The number of amides is 1. The zero-order valence-corrected chi connectivity index (χ0v) is 17.0. The van der Waals surface area contributed by atoms with E-state index in [1.807, 2.05) is 18.3 Å². The molecule has 1 fully saturated rings. The summed E-state index contributed by atoms with van der Waals surface area (Å²) in [5.41, 5.74) is 2.12. The molecule has 146 valence electrons. The van der Waals surface area contributed by atoms with Crippen LogP contribution in [-0.2, 0) is 0 Å². The number of anilines is 1. The maximum atomic E-state index is 12.6. The lowest BCUT2D eigenvalue weighted by atomic mass is 9.94. The van der Waals surface area contributed by atoms with Gasteiger partial charge in [0.1, 0.15) is 5.00 Å². The number of hydrogen-bond acceptors (Lipinski definition) is 5. The topological polar surface area (TPSA) is 58.4 Å². The van der Waals surface area contributed by atoms with E-state index < -0.39 is 0 Å². The van der Waals surface area contributed by atoms with Gasteiger partial charge in [0.25, 0.3) is 5.91 Å². The first-order valence-corrected chi connectivity index (χ1v) is 10.5. The van der Waals surface area contributed by atoms with Crippen LogP contribution in [0.2, 0.25) is 0 Å². The van der Waals surface area contributed by atoms with E-state index in [9.17, 15) is 4.79 Å². The van der Waals surface area contributed by atoms with Gasteiger partial charge in [-0.05, 0) is 69.1 Å². The number of aryl methyl sites for hydroxylation is 1. The van der Waals surface area contributed by atoms with Crippen molar-refractivity contribution in [2.45, 2.75) is 32.7 Å². The first-order valence-electron chi connectivity index (χ1n) is 9.72. The summed E-state index contributed by atoms with van der Waals surface area (Å²) in [6.45, 7) is 6.45. The van der Waals surface area contributed by atoms with Crippen LogP contribution >= 0.6 is 11.3 Å². The molecule has 0 radical (unpaired) electrons. The van der Waals surface area contributed by atoms with E-state index in [1.165, 1.54) is 19.1 Å². The van der Waals surface area contributed by atoms with E-state index in [2.05, 4.69) is 41.2 Å². The van der Waals surface area contributed by atoms with Crippen molar-refractivity contribution >= 4 is 22.2 Å². The van der Waals surface area contributed by atoms with Crippen LogP contribution in [0.1, 0.15) is 52.5 Å². The number of carbonyl (C=O) groups is 1. The highest BCUT2D eigenvalue weighted by molar-refractivity contribution is 7.16. The second kappa shape index (κ2) is 8.29. The molecule has 3 aromatic rings.